The predicted molar refractivity (Wildman–Crippen MR) is 33.8 cm³/mol. The lowest BCUT2D eigenvalue weighted by molar-refractivity contribution is -0.121. The summed E-state index contributed by atoms with van der Waals surface area (Å²) in [5.41, 5.74) is 0. The van der Waals surface area contributed by atoms with Crippen LogP contribution in [0.4, 0.5) is 0 Å². The fourth-order valence-corrected chi connectivity index (χ4v) is 1.04. The molecule has 0 unspecified atom stereocenters. The van der Waals surface area contributed by atoms with Crippen molar-refractivity contribution in [1.82, 2.24) is 0 Å². The van der Waals surface area contributed by atoms with E-state index in [1.165, 1.54) is 0 Å². The quantitative estimate of drug-likeness (QED) is 0.396. The molecule has 0 radical (unpaired) electrons. The maximum absolute atomic E-state index is 10.1. The standard InChI is InChI=1S/C6H10O5/c7-1-3-5(9)6(10)4(2-8)11-3/h1,3-6,8-10H,2H2/t3-,4+,5-,6+/m0/s1. The highest BCUT2D eigenvalue weighted by Crippen LogP contribution is 2.19. The Bertz CT molecular complexity index is 148. The molecule has 3 N–H and O–H groups in total. The Morgan fingerprint density at radius 1 is 1.36 bits per heavy atom. The fourth-order valence-electron chi connectivity index (χ4n) is 1.04. The Morgan fingerprint density at radius 2 is 2.00 bits per heavy atom. The Balaban J connectivity index is 2.60. The number of carbonyl (C=O) groups excluding carboxylic acids is 1. The van der Waals surface area contributed by atoms with Crippen molar-refractivity contribution in [1.29, 1.82) is 0 Å². The van der Waals surface area contributed by atoms with Crippen molar-refractivity contribution < 1.29 is 24.9 Å². The lowest BCUT2D eigenvalue weighted by Crippen LogP contribution is -2.34. The van der Waals surface area contributed by atoms with Gasteiger partial charge in [-0.1, -0.05) is 0 Å². The van der Waals surface area contributed by atoms with Gasteiger partial charge in [0.25, 0.3) is 0 Å². The van der Waals surface area contributed by atoms with E-state index >= 15 is 0 Å². The van der Waals surface area contributed by atoms with Gasteiger partial charge in [0.2, 0.25) is 0 Å². The first-order valence-electron chi connectivity index (χ1n) is 3.28. The minimum atomic E-state index is -1.22. The molecule has 1 fully saturated rings. The van der Waals surface area contributed by atoms with Crippen LogP contribution < -0.4 is 0 Å². The van der Waals surface area contributed by atoms with Crippen molar-refractivity contribution in [3.8, 4) is 0 Å². The number of rotatable bonds is 2. The second-order valence-corrected chi connectivity index (χ2v) is 2.44. The summed E-state index contributed by atoms with van der Waals surface area (Å²) in [5.74, 6) is 0. The van der Waals surface area contributed by atoms with Gasteiger partial charge >= 0.3 is 0 Å². The second kappa shape index (κ2) is 3.27. The Labute approximate surface area is 63.2 Å². The monoisotopic (exact) mass is 162 g/mol. The van der Waals surface area contributed by atoms with E-state index in [0.717, 1.165) is 0 Å². The van der Waals surface area contributed by atoms with E-state index in [1.54, 1.807) is 0 Å². The summed E-state index contributed by atoms with van der Waals surface area (Å²) in [7, 11) is 0. The molecule has 0 aliphatic carbocycles. The molecule has 1 aliphatic heterocycles. The lowest BCUT2D eigenvalue weighted by Gasteiger charge is -2.10. The molecule has 0 aromatic heterocycles. The molecule has 1 aliphatic rings. The van der Waals surface area contributed by atoms with E-state index in [2.05, 4.69) is 0 Å². The van der Waals surface area contributed by atoms with Crippen LogP contribution in [0.2, 0.25) is 0 Å². The molecule has 5 heteroatoms. The van der Waals surface area contributed by atoms with Gasteiger partial charge in [0, 0.05) is 0 Å². The van der Waals surface area contributed by atoms with Crippen LogP contribution in [-0.4, -0.2) is 52.6 Å². The van der Waals surface area contributed by atoms with E-state index in [9.17, 15) is 4.79 Å². The summed E-state index contributed by atoms with van der Waals surface area (Å²) in [6.45, 7) is -0.400. The van der Waals surface area contributed by atoms with Crippen molar-refractivity contribution in [3.05, 3.63) is 0 Å². The highest BCUT2D eigenvalue weighted by Gasteiger charge is 2.41. The summed E-state index contributed by atoms with van der Waals surface area (Å²) in [5, 5.41) is 26.7. The van der Waals surface area contributed by atoms with Crippen molar-refractivity contribution in [2.75, 3.05) is 6.61 Å². The van der Waals surface area contributed by atoms with Crippen LogP contribution in [0.5, 0.6) is 0 Å². The van der Waals surface area contributed by atoms with Crippen molar-refractivity contribution >= 4 is 6.29 Å². The molecule has 1 heterocycles. The van der Waals surface area contributed by atoms with E-state index in [-0.39, 0.29) is 0 Å². The molecular weight excluding hydrogens is 152 g/mol. The number of hydrogen-bond donors (Lipinski definition) is 3. The van der Waals surface area contributed by atoms with E-state index < -0.39 is 31.0 Å². The second-order valence-electron chi connectivity index (χ2n) is 2.44. The lowest BCUT2D eigenvalue weighted by atomic mass is 10.1. The fraction of sp³-hybridized carbons (Fsp3) is 0.833. The van der Waals surface area contributed by atoms with Gasteiger partial charge in [-0.3, -0.25) is 0 Å². The molecule has 0 amide bonds. The molecule has 0 bridgehead atoms. The highest BCUT2D eigenvalue weighted by molar-refractivity contribution is 5.58. The SMILES string of the molecule is O=C[C@@H]1O[C@H](CO)[C@@H](O)[C@H]1O. The Morgan fingerprint density at radius 3 is 2.27 bits per heavy atom. The average molecular weight is 162 g/mol. The molecule has 0 spiro atoms. The number of aliphatic hydroxyl groups is 3. The van der Waals surface area contributed by atoms with Gasteiger partial charge in [0.1, 0.15) is 24.4 Å². The number of aldehydes is 1. The summed E-state index contributed by atoms with van der Waals surface area (Å²) >= 11 is 0. The van der Waals surface area contributed by atoms with Gasteiger partial charge in [-0.05, 0) is 0 Å². The Kier molecular flexibility index (Phi) is 2.56. The van der Waals surface area contributed by atoms with Crippen LogP contribution in [0.25, 0.3) is 0 Å². The maximum Gasteiger partial charge on any atom is 0.151 e. The van der Waals surface area contributed by atoms with Crippen LogP contribution in [0.1, 0.15) is 0 Å². The van der Waals surface area contributed by atoms with Gasteiger partial charge in [-0.2, -0.15) is 0 Å². The molecular formula is C6H10O5. The summed E-state index contributed by atoms with van der Waals surface area (Å²) < 4.78 is 4.77. The minimum Gasteiger partial charge on any atom is -0.394 e. The molecule has 11 heavy (non-hydrogen) atoms. The topological polar surface area (TPSA) is 87.0 Å². The molecule has 0 aromatic carbocycles. The minimum absolute atomic E-state index is 0.400. The molecule has 0 saturated carbocycles. The predicted octanol–water partition coefficient (Wildman–Crippen LogP) is -2.33. The third kappa shape index (κ3) is 1.41. The van der Waals surface area contributed by atoms with Crippen LogP contribution >= 0.6 is 0 Å². The molecule has 0 aromatic rings. The molecule has 64 valence electrons. The summed E-state index contributed by atoms with van der Waals surface area (Å²) in [6.07, 6.45) is -3.84. The summed E-state index contributed by atoms with van der Waals surface area (Å²) in [4.78, 5) is 10.1. The molecule has 4 atom stereocenters. The van der Waals surface area contributed by atoms with Gasteiger partial charge in [-0.15, -0.1) is 0 Å². The first kappa shape index (κ1) is 8.61. The molecule has 5 nitrogen and oxygen atoms in total. The smallest absolute Gasteiger partial charge is 0.151 e. The average Bonchev–Trinajstić information content (AvgIpc) is 2.30. The van der Waals surface area contributed by atoms with E-state index in [4.69, 9.17) is 20.1 Å². The third-order valence-electron chi connectivity index (χ3n) is 1.71. The van der Waals surface area contributed by atoms with Crippen molar-refractivity contribution in [3.63, 3.8) is 0 Å². The highest BCUT2D eigenvalue weighted by atomic mass is 16.6. The van der Waals surface area contributed by atoms with E-state index in [0.29, 0.717) is 6.29 Å². The first-order chi connectivity index (χ1) is 5.20. The van der Waals surface area contributed by atoms with Crippen molar-refractivity contribution in [2.45, 2.75) is 24.4 Å². The summed E-state index contributed by atoms with van der Waals surface area (Å²) in [6, 6.07) is 0. The van der Waals surface area contributed by atoms with Gasteiger partial charge in [-0.25, -0.2) is 0 Å². The Hall–Kier alpha value is -0.490. The molecule has 1 rings (SSSR count). The third-order valence-corrected chi connectivity index (χ3v) is 1.71. The van der Waals surface area contributed by atoms with Crippen LogP contribution in [-0.2, 0) is 9.53 Å². The normalized spacial score (nSPS) is 44.3. The van der Waals surface area contributed by atoms with Gasteiger partial charge in [0.05, 0.1) is 6.61 Å². The van der Waals surface area contributed by atoms with Crippen LogP contribution in [0.3, 0.4) is 0 Å². The first-order valence-corrected chi connectivity index (χ1v) is 3.28. The van der Waals surface area contributed by atoms with Crippen LogP contribution in [0.15, 0.2) is 0 Å². The number of hydrogen-bond acceptors (Lipinski definition) is 5. The number of carbonyl (C=O) groups is 1. The number of ether oxygens (including phenoxy) is 1. The largest absolute Gasteiger partial charge is 0.394 e. The van der Waals surface area contributed by atoms with Crippen molar-refractivity contribution in [2.24, 2.45) is 0 Å². The zero-order valence-electron chi connectivity index (χ0n) is 5.75. The zero-order valence-corrected chi connectivity index (χ0v) is 5.75. The molecule has 1 saturated heterocycles. The van der Waals surface area contributed by atoms with E-state index in [1.807, 2.05) is 0 Å². The zero-order chi connectivity index (χ0) is 8.43. The maximum atomic E-state index is 10.1. The van der Waals surface area contributed by atoms with Gasteiger partial charge < -0.3 is 24.9 Å². The van der Waals surface area contributed by atoms with Gasteiger partial charge in [0.15, 0.2) is 6.29 Å². The number of aliphatic hydroxyl groups excluding tert-OH is 3. The van der Waals surface area contributed by atoms with Crippen LogP contribution in [0, 0.1) is 0 Å².